The number of benzene rings is 2. The first kappa shape index (κ1) is 23.5. The van der Waals surface area contributed by atoms with Crippen LogP contribution < -0.4 is 4.74 Å². The average Bonchev–Trinajstić information content (AvgIpc) is 3.07. The normalized spacial score (nSPS) is 12.9. The lowest BCUT2D eigenvalue weighted by atomic mass is 9.96. The fourth-order valence-electron chi connectivity index (χ4n) is 4.97. The van der Waals surface area contributed by atoms with E-state index in [0.29, 0.717) is 23.4 Å². The molecule has 0 saturated heterocycles. The Bertz CT molecular complexity index is 1440. The Hall–Kier alpha value is -4.24. The third kappa shape index (κ3) is 4.52. The smallest absolute Gasteiger partial charge is 0.335 e. The predicted octanol–water partition coefficient (Wildman–Crippen LogP) is 5.68. The molecule has 36 heavy (non-hydrogen) atoms. The van der Waals surface area contributed by atoms with Crippen molar-refractivity contribution in [3.63, 3.8) is 0 Å². The third-order valence-electron chi connectivity index (χ3n) is 6.90. The topological polar surface area (TPSA) is 82.6 Å². The Balaban J connectivity index is 1.55. The van der Waals surface area contributed by atoms with E-state index in [2.05, 4.69) is 23.2 Å². The summed E-state index contributed by atoms with van der Waals surface area (Å²) >= 11 is 0. The van der Waals surface area contributed by atoms with Crippen LogP contribution in [0.25, 0.3) is 22.0 Å². The molecule has 0 atom stereocenters. The molecule has 0 fully saturated rings. The largest absolute Gasteiger partial charge is 0.497 e. The van der Waals surface area contributed by atoms with Gasteiger partial charge in [0, 0.05) is 45.9 Å². The number of carboxylic acid groups (broad SMARTS) is 1. The van der Waals surface area contributed by atoms with E-state index in [1.54, 1.807) is 55.5 Å². The second kappa shape index (κ2) is 9.79. The first-order valence-corrected chi connectivity index (χ1v) is 12.2. The van der Waals surface area contributed by atoms with E-state index in [4.69, 9.17) is 4.74 Å². The molecule has 0 bridgehead atoms. The van der Waals surface area contributed by atoms with Crippen molar-refractivity contribution in [3.8, 4) is 16.9 Å². The molecule has 6 nitrogen and oxygen atoms in total. The van der Waals surface area contributed by atoms with Crippen LogP contribution in [0.5, 0.6) is 5.75 Å². The van der Waals surface area contributed by atoms with Crippen molar-refractivity contribution < 1.29 is 19.4 Å². The molecule has 5 rings (SSSR count). The maximum absolute atomic E-state index is 13.2. The van der Waals surface area contributed by atoms with Crippen molar-refractivity contribution in [1.82, 2.24) is 9.88 Å². The molecule has 182 valence electrons. The molecule has 0 spiro atoms. The molecular weight excluding hydrogens is 452 g/mol. The Morgan fingerprint density at radius 2 is 1.75 bits per heavy atom. The molecule has 0 radical (unpaired) electrons. The minimum Gasteiger partial charge on any atom is -0.497 e. The monoisotopic (exact) mass is 480 g/mol. The van der Waals surface area contributed by atoms with Crippen LogP contribution in [0.1, 0.15) is 56.8 Å². The van der Waals surface area contributed by atoms with Crippen LogP contribution >= 0.6 is 0 Å². The number of methoxy groups -OCH3 is 1. The number of aromatic carboxylic acids is 1. The lowest BCUT2D eigenvalue weighted by molar-refractivity contribution is 0.0696. The van der Waals surface area contributed by atoms with E-state index < -0.39 is 5.97 Å². The van der Waals surface area contributed by atoms with Crippen molar-refractivity contribution in [1.29, 1.82) is 0 Å². The number of aromatic nitrogens is 1. The van der Waals surface area contributed by atoms with Gasteiger partial charge < -0.3 is 19.7 Å². The van der Waals surface area contributed by atoms with E-state index >= 15 is 0 Å². The molecule has 0 unspecified atom stereocenters. The Labute approximate surface area is 210 Å². The molecule has 1 heterocycles. The van der Waals surface area contributed by atoms with Crippen LogP contribution in [0.4, 0.5) is 0 Å². The lowest BCUT2D eigenvalue weighted by Gasteiger charge is -2.18. The second-order valence-corrected chi connectivity index (χ2v) is 9.31. The maximum Gasteiger partial charge on any atom is 0.335 e. The summed E-state index contributed by atoms with van der Waals surface area (Å²) in [6, 6.07) is 21.1. The summed E-state index contributed by atoms with van der Waals surface area (Å²) in [5.41, 5.74) is 6.69. The van der Waals surface area contributed by atoms with E-state index in [9.17, 15) is 14.7 Å². The number of rotatable bonds is 6. The van der Waals surface area contributed by atoms with Gasteiger partial charge in [-0.1, -0.05) is 24.6 Å². The van der Waals surface area contributed by atoms with Crippen molar-refractivity contribution in [2.45, 2.75) is 38.6 Å². The summed E-state index contributed by atoms with van der Waals surface area (Å²) in [6.45, 7) is 0.322. The fourth-order valence-corrected chi connectivity index (χ4v) is 4.97. The van der Waals surface area contributed by atoms with Crippen LogP contribution in [-0.2, 0) is 19.4 Å². The van der Waals surface area contributed by atoms with Crippen LogP contribution in [0.3, 0.4) is 0 Å². The molecule has 1 amide bonds. The lowest BCUT2D eigenvalue weighted by Crippen LogP contribution is -2.26. The van der Waals surface area contributed by atoms with Gasteiger partial charge in [0.2, 0.25) is 0 Å². The predicted molar refractivity (Wildman–Crippen MR) is 138 cm³/mol. The fraction of sp³-hybridized carbons (Fsp3) is 0.267. The Morgan fingerprint density at radius 3 is 2.50 bits per heavy atom. The summed E-state index contributed by atoms with van der Waals surface area (Å²) in [4.78, 5) is 29.8. The highest BCUT2D eigenvalue weighted by Gasteiger charge is 2.20. The summed E-state index contributed by atoms with van der Waals surface area (Å²) in [7, 11) is 3.35. The Kier molecular flexibility index (Phi) is 6.39. The molecule has 4 aromatic rings. The van der Waals surface area contributed by atoms with Crippen molar-refractivity contribution >= 4 is 22.8 Å². The SMILES string of the molecule is COc1ccc(C(=O)N(C)Cc2[nH]c3cc(C(=O)O)ccc3c2-c2c#cc3c(c2)CCCCC3)cc1. The first-order valence-electron chi connectivity index (χ1n) is 12.2. The van der Waals surface area contributed by atoms with Gasteiger partial charge in [-0.25, -0.2) is 4.79 Å². The summed E-state index contributed by atoms with van der Waals surface area (Å²) < 4.78 is 5.20. The maximum atomic E-state index is 13.2. The minimum atomic E-state index is -0.980. The summed E-state index contributed by atoms with van der Waals surface area (Å²) in [5.74, 6) is -0.409. The van der Waals surface area contributed by atoms with Crippen LogP contribution in [0.15, 0.2) is 48.5 Å². The Morgan fingerprint density at radius 1 is 1.00 bits per heavy atom. The van der Waals surface area contributed by atoms with Gasteiger partial charge in [-0.3, -0.25) is 4.79 Å². The highest BCUT2D eigenvalue weighted by atomic mass is 16.5. The molecule has 0 aliphatic heterocycles. The molecule has 3 aromatic carbocycles. The van der Waals surface area contributed by atoms with Gasteiger partial charge in [-0.05, 0) is 73.7 Å². The number of carbonyl (C=O) groups excluding carboxylic acids is 1. The molecule has 0 saturated carbocycles. The number of fused-ring (bicyclic) bond motifs is 2. The van der Waals surface area contributed by atoms with Gasteiger partial charge in [0.25, 0.3) is 5.91 Å². The standard InChI is InChI=1S/C30H28N2O4/c1-32(29(33)20-10-13-24(36-2)14-11-20)18-27-28(25-15-12-23(30(34)35)17-26(25)31-27)22-9-8-19-6-4-3-5-7-21(19)16-22/h10-17,31H,3-7,18H2,1-2H3,(H,34,35). The summed E-state index contributed by atoms with van der Waals surface area (Å²) in [6.07, 6.45) is 5.59. The number of nitrogens with zero attached hydrogens (tertiary/aromatic N) is 1. The number of carboxylic acids is 1. The number of ether oxygens (including phenoxy) is 1. The van der Waals surface area contributed by atoms with Crippen molar-refractivity contribution in [3.05, 3.63) is 88.6 Å². The number of hydrogen-bond donors (Lipinski definition) is 2. The third-order valence-corrected chi connectivity index (χ3v) is 6.90. The zero-order valence-corrected chi connectivity index (χ0v) is 20.5. The van der Waals surface area contributed by atoms with Crippen LogP contribution in [0, 0.1) is 12.1 Å². The number of carbonyl (C=O) groups is 2. The van der Waals surface area contributed by atoms with Gasteiger partial charge in [0.1, 0.15) is 5.75 Å². The number of amides is 1. The molecule has 1 aliphatic carbocycles. The molecule has 1 aliphatic rings. The highest BCUT2D eigenvalue weighted by molar-refractivity contribution is 6.01. The number of hydrogen-bond acceptors (Lipinski definition) is 3. The van der Waals surface area contributed by atoms with Gasteiger partial charge in [0.05, 0.1) is 19.2 Å². The number of aromatic amines is 1. The zero-order chi connectivity index (χ0) is 25.2. The van der Waals surface area contributed by atoms with Gasteiger partial charge in [-0.15, -0.1) is 0 Å². The molecule has 6 heteroatoms. The zero-order valence-electron chi connectivity index (χ0n) is 20.5. The average molecular weight is 481 g/mol. The van der Waals surface area contributed by atoms with Gasteiger partial charge >= 0.3 is 5.97 Å². The number of nitrogens with one attached hydrogen (secondary N) is 1. The highest BCUT2D eigenvalue weighted by Crippen LogP contribution is 2.34. The van der Waals surface area contributed by atoms with E-state index in [-0.39, 0.29) is 11.5 Å². The van der Waals surface area contributed by atoms with Gasteiger partial charge in [0.15, 0.2) is 0 Å². The van der Waals surface area contributed by atoms with E-state index in [1.807, 2.05) is 6.07 Å². The van der Waals surface area contributed by atoms with Crippen molar-refractivity contribution in [2.75, 3.05) is 14.2 Å². The van der Waals surface area contributed by atoms with Crippen molar-refractivity contribution in [2.24, 2.45) is 0 Å². The first-order chi connectivity index (χ1) is 17.4. The minimum absolute atomic E-state index is 0.119. The second-order valence-electron chi connectivity index (χ2n) is 9.31. The van der Waals surface area contributed by atoms with E-state index in [1.165, 1.54) is 24.0 Å². The molecular formula is C30H28N2O4. The van der Waals surface area contributed by atoms with E-state index in [0.717, 1.165) is 41.5 Å². The van der Waals surface area contributed by atoms with Crippen LogP contribution in [0.2, 0.25) is 0 Å². The number of aryl methyl sites for hydroxylation is 1. The van der Waals surface area contributed by atoms with Gasteiger partial charge in [-0.2, -0.15) is 0 Å². The summed E-state index contributed by atoms with van der Waals surface area (Å²) in [5, 5.41) is 10.4. The number of H-pyrrole nitrogens is 1. The molecule has 1 aromatic heterocycles. The molecule has 2 N–H and O–H groups in total. The van der Waals surface area contributed by atoms with Crippen LogP contribution in [-0.4, -0.2) is 41.0 Å². The quantitative estimate of drug-likeness (QED) is 0.348.